The molecule has 1 aliphatic heterocycles. The van der Waals surface area contributed by atoms with Crippen LogP contribution >= 0.6 is 0 Å². The lowest BCUT2D eigenvalue weighted by molar-refractivity contribution is 0.0824. The number of ether oxygens (including phenoxy) is 1. The van der Waals surface area contributed by atoms with E-state index in [1.54, 1.807) is 12.1 Å². The molecule has 0 aromatic heterocycles. The summed E-state index contributed by atoms with van der Waals surface area (Å²) in [6.45, 7) is 1.59. The van der Waals surface area contributed by atoms with Crippen LogP contribution in [0.25, 0.3) is 0 Å². The molecule has 0 saturated carbocycles. The number of carbonyl (C=O) groups is 2. The second-order valence-corrected chi connectivity index (χ2v) is 7.08. The molecule has 0 bridgehead atoms. The second-order valence-electron chi connectivity index (χ2n) is 7.08. The molecule has 1 fully saturated rings. The zero-order valence-corrected chi connectivity index (χ0v) is 16.3. The molecule has 1 aliphatic rings. The van der Waals surface area contributed by atoms with Gasteiger partial charge in [-0.15, -0.1) is 0 Å². The monoisotopic (exact) mass is 397 g/mol. The number of nitrogens with zero attached hydrogens (tertiary/aromatic N) is 1. The SMILES string of the molecule is O=C(N[C@@H](CO)Cc1ccccc1C(=O)NN1CCCC1)OCc1ccccc1. The Kier molecular flexibility index (Phi) is 7.61. The number of hydrogen-bond donors (Lipinski definition) is 3. The fourth-order valence-electron chi connectivity index (χ4n) is 3.31. The van der Waals surface area contributed by atoms with Crippen molar-refractivity contribution in [1.82, 2.24) is 15.8 Å². The molecular formula is C22H27N3O4. The highest BCUT2D eigenvalue weighted by Gasteiger charge is 2.20. The van der Waals surface area contributed by atoms with E-state index in [-0.39, 0.29) is 19.1 Å². The Hall–Kier alpha value is -2.90. The predicted octanol–water partition coefficient (Wildman–Crippen LogP) is 2.26. The molecule has 2 aromatic carbocycles. The summed E-state index contributed by atoms with van der Waals surface area (Å²) in [5.74, 6) is -0.175. The third kappa shape index (κ3) is 6.30. The van der Waals surface area contributed by atoms with Crippen molar-refractivity contribution in [2.24, 2.45) is 0 Å². The number of benzene rings is 2. The summed E-state index contributed by atoms with van der Waals surface area (Å²) in [6, 6.07) is 16.0. The van der Waals surface area contributed by atoms with Crippen LogP contribution in [0.5, 0.6) is 0 Å². The number of aliphatic hydroxyl groups is 1. The predicted molar refractivity (Wildman–Crippen MR) is 109 cm³/mol. The molecule has 0 unspecified atom stereocenters. The van der Waals surface area contributed by atoms with Crippen LogP contribution in [0.1, 0.15) is 34.3 Å². The standard InChI is InChI=1S/C22H27N3O4/c26-15-19(23-22(28)29-16-17-8-2-1-3-9-17)14-18-10-4-5-11-20(18)21(27)24-25-12-6-7-13-25/h1-5,8-11,19,26H,6-7,12-16H2,(H,23,28)(H,24,27)/t19-/m1/s1. The molecule has 2 aromatic rings. The van der Waals surface area contributed by atoms with Gasteiger partial charge in [0.25, 0.3) is 5.91 Å². The average Bonchev–Trinajstić information content (AvgIpc) is 3.26. The van der Waals surface area contributed by atoms with Crippen molar-refractivity contribution >= 4 is 12.0 Å². The Labute approximate surface area is 170 Å². The maximum Gasteiger partial charge on any atom is 0.407 e. The summed E-state index contributed by atoms with van der Waals surface area (Å²) in [5, 5.41) is 14.3. The van der Waals surface area contributed by atoms with Crippen LogP contribution in [-0.4, -0.2) is 47.9 Å². The molecule has 2 amide bonds. The Bertz CT molecular complexity index is 807. The van der Waals surface area contributed by atoms with E-state index in [0.717, 1.165) is 37.1 Å². The van der Waals surface area contributed by atoms with Gasteiger partial charge in [0.15, 0.2) is 0 Å². The van der Waals surface area contributed by atoms with E-state index in [1.807, 2.05) is 47.5 Å². The van der Waals surface area contributed by atoms with Crippen LogP contribution in [0.3, 0.4) is 0 Å². The van der Waals surface area contributed by atoms with Crippen LogP contribution in [-0.2, 0) is 17.8 Å². The van der Waals surface area contributed by atoms with E-state index < -0.39 is 12.1 Å². The summed E-state index contributed by atoms with van der Waals surface area (Å²) >= 11 is 0. The number of rotatable bonds is 8. The number of aliphatic hydroxyl groups excluding tert-OH is 1. The van der Waals surface area contributed by atoms with Crippen molar-refractivity contribution in [2.45, 2.75) is 31.9 Å². The minimum atomic E-state index is -0.605. The number of carbonyl (C=O) groups excluding carboxylic acids is 2. The van der Waals surface area contributed by atoms with E-state index in [9.17, 15) is 14.7 Å². The minimum absolute atomic E-state index is 0.152. The van der Waals surface area contributed by atoms with E-state index >= 15 is 0 Å². The first-order valence-electron chi connectivity index (χ1n) is 9.87. The number of alkyl carbamates (subject to hydrolysis) is 1. The van der Waals surface area contributed by atoms with Crippen molar-refractivity contribution in [3.05, 3.63) is 71.3 Å². The van der Waals surface area contributed by atoms with Gasteiger partial charge < -0.3 is 15.2 Å². The maximum absolute atomic E-state index is 12.6. The zero-order chi connectivity index (χ0) is 20.5. The van der Waals surface area contributed by atoms with Gasteiger partial charge in [-0.1, -0.05) is 48.5 Å². The lowest BCUT2D eigenvalue weighted by Gasteiger charge is -2.20. The highest BCUT2D eigenvalue weighted by molar-refractivity contribution is 5.95. The van der Waals surface area contributed by atoms with Gasteiger partial charge in [0.05, 0.1) is 12.6 Å². The van der Waals surface area contributed by atoms with Crippen molar-refractivity contribution in [1.29, 1.82) is 0 Å². The van der Waals surface area contributed by atoms with Crippen LogP contribution in [0.2, 0.25) is 0 Å². The van der Waals surface area contributed by atoms with Crippen LogP contribution in [0.4, 0.5) is 4.79 Å². The highest BCUT2D eigenvalue weighted by Crippen LogP contribution is 2.13. The molecule has 1 heterocycles. The molecule has 7 heteroatoms. The van der Waals surface area contributed by atoms with Crippen molar-refractivity contribution in [3.63, 3.8) is 0 Å². The number of hydrogen-bond acceptors (Lipinski definition) is 5. The summed E-state index contributed by atoms with van der Waals surface area (Å²) in [6.07, 6.45) is 1.86. The van der Waals surface area contributed by atoms with Gasteiger partial charge in [-0.25, -0.2) is 9.80 Å². The highest BCUT2D eigenvalue weighted by atomic mass is 16.5. The topological polar surface area (TPSA) is 90.9 Å². The summed E-state index contributed by atoms with van der Waals surface area (Å²) in [4.78, 5) is 24.7. The van der Waals surface area contributed by atoms with Crippen LogP contribution in [0.15, 0.2) is 54.6 Å². The van der Waals surface area contributed by atoms with E-state index in [1.165, 1.54) is 0 Å². The van der Waals surface area contributed by atoms with Crippen molar-refractivity contribution < 1.29 is 19.4 Å². The molecule has 3 N–H and O–H groups in total. The normalized spacial score (nSPS) is 14.9. The van der Waals surface area contributed by atoms with Crippen molar-refractivity contribution in [3.8, 4) is 0 Å². The summed E-state index contributed by atoms with van der Waals surface area (Å²) < 4.78 is 5.22. The Balaban J connectivity index is 1.57. The molecule has 1 saturated heterocycles. The van der Waals surface area contributed by atoms with Gasteiger partial charge in [0, 0.05) is 18.7 Å². The van der Waals surface area contributed by atoms with E-state index in [0.29, 0.717) is 12.0 Å². The fraction of sp³-hybridized carbons (Fsp3) is 0.364. The lowest BCUT2D eigenvalue weighted by Crippen LogP contribution is -2.42. The second kappa shape index (κ2) is 10.6. The Morgan fingerprint density at radius 1 is 1.03 bits per heavy atom. The number of nitrogens with one attached hydrogen (secondary N) is 2. The molecule has 29 heavy (non-hydrogen) atoms. The smallest absolute Gasteiger partial charge is 0.407 e. The van der Waals surface area contributed by atoms with Crippen molar-refractivity contribution in [2.75, 3.05) is 19.7 Å². The molecule has 0 aliphatic carbocycles. The zero-order valence-electron chi connectivity index (χ0n) is 16.3. The first kappa shape index (κ1) is 20.8. The van der Waals surface area contributed by atoms with Gasteiger partial charge in [0.2, 0.25) is 0 Å². The third-order valence-electron chi connectivity index (χ3n) is 4.85. The van der Waals surface area contributed by atoms with E-state index in [2.05, 4.69) is 10.7 Å². The van der Waals surface area contributed by atoms with E-state index in [4.69, 9.17) is 4.74 Å². The van der Waals surface area contributed by atoms with Crippen LogP contribution in [0, 0.1) is 0 Å². The van der Waals surface area contributed by atoms with Gasteiger partial charge in [0.1, 0.15) is 6.61 Å². The number of hydrazine groups is 1. The van der Waals surface area contributed by atoms with Gasteiger partial charge in [-0.3, -0.25) is 10.2 Å². The molecule has 7 nitrogen and oxygen atoms in total. The lowest BCUT2D eigenvalue weighted by atomic mass is 10.00. The molecular weight excluding hydrogens is 370 g/mol. The quantitative estimate of drug-likeness (QED) is 0.636. The Morgan fingerprint density at radius 3 is 2.45 bits per heavy atom. The molecule has 0 spiro atoms. The average molecular weight is 397 g/mol. The third-order valence-corrected chi connectivity index (χ3v) is 4.85. The fourth-order valence-corrected chi connectivity index (χ4v) is 3.31. The van der Waals surface area contributed by atoms with Gasteiger partial charge >= 0.3 is 6.09 Å². The molecule has 1 atom stereocenters. The molecule has 154 valence electrons. The molecule has 0 radical (unpaired) electrons. The summed E-state index contributed by atoms with van der Waals surface area (Å²) in [7, 11) is 0. The van der Waals surface area contributed by atoms with Crippen LogP contribution < -0.4 is 10.7 Å². The maximum atomic E-state index is 12.6. The number of amides is 2. The first-order chi connectivity index (χ1) is 14.2. The molecule has 3 rings (SSSR count). The van der Waals surface area contributed by atoms with Gasteiger partial charge in [-0.05, 0) is 36.5 Å². The Morgan fingerprint density at radius 2 is 1.72 bits per heavy atom. The van der Waals surface area contributed by atoms with Gasteiger partial charge in [-0.2, -0.15) is 0 Å². The first-order valence-corrected chi connectivity index (χ1v) is 9.87. The summed E-state index contributed by atoms with van der Waals surface area (Å²) in [5.41, 5.74) is 5.10. The minimum Gasteiger partial charge on any atom is -0.445 e. The largest absolute Gasteiger partial charge is 0.445 e.